The molecule has 3 aliphatic rings. The van der Waals surface area contributed by atoms with E-state index in [4.69, 9.17) is 19.3 Å². The predicted octanol–water partition coefficient (Wildman–Crippen LogP) is 9.02. The van der Waals surface area contributed by atoms with E-state index in [-0.39, 0.29) is 41.4 Å². The molecule has 2 unspecified atom stereocenters. The lowest BCUT2D eigenvalue weighted by Crippen LogP contribution is -2.55. The maximum absolute atomic E-state index is 14.3. The summed E-state index contributed by atoms with van der Waals surface area (Å²) in [6.07, 6.45) is 11.4. The highest BCUT2D eigenvalue weighted by atomic mass is 32.2. The van der Waals surface area contributed by atoms with Crippen molar-refractivity contribution in [3.05, 3.63) is 35.9 Å². The highest BCUT2D eigenvalue weighted by Gasteiger charge is 2.61. The van der Waals surface area contributed by atoms with Crippen LogP contribution in [0.15, 0.2) is 30.4 Å². The number of thioether (sulfide) groups is 1. The SMILES string of the molecule is CC.CCCCC/C=C\C1C[C@]1(NC(=O)C1C[C@@H](Oc2cc(OC(C)C)nc3c(C)c(O)ccc23)CN1C(=O)CNC(=O)OC(C)(C)C)C(=O)NSC1(C)CC1.CO.CSC(C)(C)C. The van der Waals surface area contributed by atoms with E-state index in [1.165, 1.54) is 16.8 Å². The number of aliphatic hydroxyl groups is 1. The molecule has 5 N–H and O–H groups in total. The Morgan fingerprint density at radius 3 is 2.27 bits per heavy atom. The van der Waals surface area contributed by atoms with Crippen molar-refractivity contribution in [1.82, 2.24) is 25.2 Å². The fourth-order valence-electron chi connectivity index (χ4n) is 6.51. The maximum atomic E-state index is 14.3. The molecular weight excluding hydrogens is 855 g/mol. The lowest BCUT2D eigenvalue weighted by molar-refractivity contribution is -0.139. The minimum Gasteiger partial charge on any atom is -0.508 e. The van der Waals surface area contributed by atoms with Crippen molar-refractivity contribution in [3.63, 3.8) is 0 Å². The Morgan fingerprint density at radius 2 is 1.70 bits per heavy atom. The van der Waals surface area contributed by atoms with Crippen molar-refractivity contribution < 1.29 is 43.6 Å². The number of aromatic hydroxyl groups is 1. The molecular formula is C48H79N5O9S2. The summed E-state index contributed by atoms with van der Waals surface area (Å²) in [4.78, 5) is 60.4. The molecule has 1 aromatic carbocycles. The smallest absolute Gasteiger partial charge is 0.408 e. The molecule has 0 spiro atoms. The zero-order valence-electron chi connectivity index (χ0n) is 41.2. The van der Waals surface area contributed by atoms with Gasteiger partial charge in [-0.2, -0.15) is 11.8 Å². The van der Waals surface area contributed by atoms with E-state index in [1.54, 1.807) is 45.9 Å². The van der Waals surface area contributed by atoms with E-state index in [0.717, 1.165) is 45.6 Å². The van der Waals surface area contributed by atoms with Gasteiger partial charge in [0.15, 0.2) is 0 Å². The quantitative estimate of drug-likeness (QED) is 0.0612. The number of benzene rings is 1. The molecule has 3 fully saturated rings. The Kier molecular flexibility index (Phi) is 22.1. The van der Waals surface area contributed by atoms with Crippen molar-refractivity contribution in [3.8, 4) is 17.4 Å². The molecule has 0 bridgehead atoms. The number of aromatic nitrogens is 1. The van der Waals surface area contributed by atoms with Crippen LogP contribution in [0.25, 0.3) is 10.9 Å². The van der Waals surface area contributed by atoms with Crippen LogP contribution in [-0.2, 0) is 19.1 Å². The van der Waals surface area contributed by atoms with Crippen LogP contribution in [0.2, 0.25) is 0 Å². The Hall–Kier alpha value is -3.89. The first-order valence-corrected chi connectivity index (χ1v) is 24.7. The first-order valence-electron chi connectivity index (χ1n) is 22.7. The van der Waals surface area contributed by atoms with Crippen LogP contribution in [0.1, 0.15) is 140 Å². The molecule has 14 nitrogen and oxygen atoms in total. The monoisotopic (exact) mass is 934 g/mol. The molecule has 0 radical (unpaired) electrons. The highest BCUT2D eigenvalue weighted by molar-refractivity contribution is 8.00. The van der Waals surface area contributed by atoms with Gasteiger partial charge in [0.25, 0.3) is 5.91 Å². The van der Waals surface area contributed by atoms with E-state index >= 15 is 0 Å². The number of ether oxygens (including phenoxy) is 3. The molecule has 1 aliphatic heterocycles. The predicted molar refractivity (Wildman–Crippen MR) is 261 cm³/mol. The van der Waals surface area contributed by atoms with Crippen LogP contribution in [0.3, 0.4) is 0 Å². The van der Waals surface area contributed by atoms with Crippen LogP contribution < -0.4 is 24.8 Å². The Bertz CT molecular complexity index is 1880. The lowest BCUT2D eigenvalue weighted by Gasteiger charge is -2.27. The normalized spacial score (nSPS) is 20.7. The Morgan fingerprint density at radius 1 is 1.06 bits per heavy atom. The Balaban J connectivity index is 0.00000128. The molecule has 64 heavy (non-hydrogen) atoms. The summed E-state index contributed by atoms with van der Waals surface area (Å²) in [7, 11) is 1.00. The van der Waals surface area contributed by atoms with Crippen LogP contribution in [0.4, 0.5) is 4.79 Å². The number of hydrogen-bond donors (Lipinski definition) is 5. The lowest BCUT2D eigenvalue weighted by atomic mass is 10.1. The zero-order chi connectivity index (χ0) is 48.6. The molecule has 5 rings (SSSR count). The molecule has 1 aromatic heterocycles. The number of aliphatic hydroxyl groups excluding tert-OH is 1. The number of likely N-dealkylation sites (tertiary alicyclic amines) is 1. The van der Waals surface area contributed by atoms with Gasteiger partial charge in [-0.15, -0.1) is 0 Å². The number of fused-ring (bicyclic) bond motifs is 1. The van der Waals surface area contributed by atoms with Crippen LogP contribution in [0.5, 0.6) is 17.4 Å². The van der Waals surface area contributed by atoms with Gasteiger partial charge >= 0.3 is 6.09 Å². The Labute approximate surface area is 391 Å². The standard InChI is InChI=1S/C40H57N5O8S.C5H12S.C2H6.CH4O/c1-9-10-11-12-13-14-26-21-40(26,36(49)44-54-39(8)17-18-39)43-35(48)29-19-27(23-45(29)33(47)22-41-37(50)53-38(5,6)7)52-31-20-32(51-24(2)3)42-34-25(4)30(46)16-15-28(31)34;1-5(2,3)6-4;2*1-2/h13-16,20,24,26-27,29,46H,9-12,17-19,21-23H2,1-8H3,(H,41,50)(H,43,48)(H,44,49);1-4H3;1-2H3;2H,1H3/b14-13-;;;/t26?,27-,29?,40-;;;/m1.../s1. The van der Waals surface area contributed by atoms with Crippen LogP contribution >= 0.6 is 23.7 Å². The molecule has 16 heteroatoms. The van der Waals surface area contributed by atoms with Crippen molar-refractivity contribution >= 4 is 58.4 Å². The fraction of sp³-hybridized carbons (Fsp3) is 0.688. The number of nitrogens with one attached hydrogen (secondary N) is 3. The van der Waals surface area contributed by atoms with E-state index in [0.29, 0.717) is 39.3 Å². The summed E-state index contributed by atoms with van der Waals surface area (Å²) in [5, 5.41) is 23.7. The summed E-state index contributed by atoms with van der Waals surface area (Å²) in [5.74, 6) is -0.634. The summed E-state index contributed by atoms with van der Waals surface area (Å²) < 4.78 is 21.3. The minimum absolute atomic E-state index is 0.00387. The van der Waals surface area contributed by atoms with Gasteiger partial charge in [-0.25, -0.2) is 9.78 Å². The number of allylic oxidation sites excluding steroid dienone is 1. The maximum Gasteiger partial charge on any atom is 0.408 e. The minimum atomic E-state index is -1.15. The van der Waals surface area contributed by atoms with Gasteiger partial charge in [0.05, 0.1) is 18.2 Å². The largest absolute Gasteiger partial charge is 0.508 e. The average molecular weight is 934 g/mol. The first kappa shape index (κ1) is 56.2. The van der Waals surface area contributed by atoms with Crippen LogP contribution in [0, 0.1) is 12.8 Å². The van der Waals surface area contributed by atoms with Crippen molar-refractivity contribution in [2.45, 2.75) is 180 Å². The highest BCUT2D eigenvalue weighted by Crippen LogP contribution is 2.49. The van der Waals surface area contributed by atoms with E-state index in [2.05, 4.69) is 67.3 Å². The average Bonchev–Trinajstić information content (AvgIpc) is 4.10. The third kappa shape index (κ3) is 17.5. The first-order chi connectivity index (χ1) is 30.0. The number of aryl methyl sites for hydroxylation is 1. The van der Waals surface area contributed by atoms with Gasteiger partial charge in [-0.05, 0) is 111 Å². The third-order valence-corrected chi connectivity index (χ3v) is 12.9. The number of carbonyl (C=O) groups is 4. The van der Waals surface area contributed by atoms with Gasteiger partial charge in [0.2, 0.25) is 17.7 Å². The molecule has 2 saturated carbocycles. The third-order valence-electron chi connectivity index (χ3n) is 10.5. The van der Waals surface area contributed by atoms with E-state index in [1.807, 2.05) is 45.5 Å². The number of amides is 4. The van der Waals surface area contributed by atoms with Gasteiger partial charge in [-0.1, -0.05) is 66.5 Å². The number of phenolic OH excluding ortho intramolecular Hbond substituents is 1. The molecule has 2 aliphatic carbocycles. The number of phenols is 1. The second-order valence-electron chi connectivity index (χ2n) is 18.6. The summed E-state index contributed by atoms with van der Waals surface area (Å²) in [5.41, 5.74) is -0.865. The summed E-state index contributed by atoms with van der Waals surface area (Å²) in [6, 6.07) is 3.94. The second-order valence-corrected chi connectivity index (χ2v) is 21.6. The van der Waals surface area contributed by atoms with Crippen molar-refractivity contribution in [1.29, 1.82) is 0 Å². The molecule has 4 atom stereocenters. The number of carbonyl (C=O) groups excluding carboxylic acids is 4. The molecule has 1 saturated heterocycles. The van der Waals surface area contributed by atoms with Gasteiger partial charge in [-0.3, -0.25) is 19.1 Å². The number of alkyl carbamates (subject to hydrolysis) is 1. The molecule has 4 amide bonds. The van der Waals surface area contributed by atoms with Crippen molar-refractivity contribution in [2.24, 2.45) is 5.92 Å². The number of nitrogens with zero attached hydrogens (tertiary/aromatic N) is 2. The van der Waals surface area contributed by atoms with Gasteiger partial charge in [0, 0.05) is 46.0 Å². The summed E-state index contributed by atoms with van der Waals surface area (Å²) >= 11 is 3.28. The van der Waals surface area contributed by atoms with Crippen LogP contribution in [-0.4, -0.2) is 109 Å². The molecule has 2 heterocycles. The zero-order valence-corrected chi connectivity index (χ0v) is 42.9. The van der Waals surface area contributed by atoms with Gasteiger partial charge in [0.1, 0.15) is 41.3 Å². The molecule has 2 aromatic rings. The summed E-state index contributed by atoms with van der Waals surface area (Å²) in [6.45, 7) is 25.2. The second kappa shape index (κ2) is 25.1. The van der Waals surface area contributed by atoms with E-state index < -0.39 is 47.7 Å². The van der Waals surface area contributed by atoms with E-state index in [9.17, 15) is 24.3 Å². The van der Waals surface area contributed by atoms with Crippen molar-refractivity contribution in [2.75, 3.05) is 26.5 Å². The number of pyridine rings is 1. The topological polar surface area (TPSA) is 189 Å². The number of hydrogen-bond acceptors (Lipinski definition) is 12. The fourth-order valence-corrected chi connectivity index (χ4v) is 7.34. The van der Waals surface area contributed by atoms with Gasteiger partial charge < -0.3 is 40.0 Å². The number of rotatable bonds is 16. The molecule has 362 valence electrons. The number of unbranched alkanes of at least 4 members (excludes halogenated alkanes) is 3.